The van der Waals surface area contributed by atoms with Gasteiger partial charge in [0.2, 0.25) is 5.91 Å². The molecule has 2 bridgehead atoms. The van der Waals surface area contributed by atoms with Gasteiger partial charge in [0.15, 0.2) is 9.84 Å². The van der Waals surface area contributed by atoms with Crippen molar-refractivity contribution in [2.45, 2.75) is 84.6 Å². The zero-order valence-electron chi connectivity index (χ0n) is 32.9. The van der Waals surface area contributed by atoms with Gasteiger partial charge in [-0.3, -0.25) is 4.79 Å². The Labute approximate surface area is 331 Å². The molecule has 56 heavy (non-hydrogen) atoms. The number of methoxy groups -OCH3 is 2. The highest BCUT2D eigenvalue weighted by atomic mass is 32.2. The standard InChI is InChI=1S/C43H58FN5O6S/c1-4-40(50)49-25-30-22-35(49)24-39(30)56(52,53)36-14-12-34(13-15-36)48-27-42(28-48,55-3)26-47-20-16-31(17-21-47)43(29-46-18-7-19-46,32-8-5-9-33(44)23-32)37-10-6-11-38(37)45-41(51)54-2/h4-5,8-9,12-15,23,30-31,35,37-39H,1,6-7,10-11,16-22,24-29H2,2-3H3,(H,45,51)/t30?,35?,37-,38-,39?,43-/m0/s1. The van der Waals surface area contributed by atoms with Crippen molar-refractivity contribution in [1.82, 2.24) is 20.0 Å². The number of sulfone groups is 1. The van der Waals surface area contributed by atoms with Crippen LogP contribution in [0.25, 0.3) is 0 Å². The van der Waals surface area contributed by atoms with Crippen molar-refractivity contribution >= 4 is 27.5 Å². The van der Waals surface area contributed by atoms with E-state index >= 15 is 4.39 Å². The molecule has 0 spiro atoms. The molecule has 13 heteroatoms. The first-order valence-corrected chi connectivity index (χ1v) is 22.2. The van der Waals surface area contributed by atoms with Crippen molar-refractivity contribution in [3.05, 3.63) is 72.6 Å². The Balaban J connectivity index is 0.926. The van der Waals surface area contributed by atoms with Crippen LogP contribution < -0.4 is 10.2 Å². The lowest BCUT2D eigenvalue weighted by Crippen LogP contribution is -2.68. The van der Waals surface area contributed by atoms with E-state index in [0.29, 0.717) is 36.9 Å². The van der Waals surface area contributed by atoms with Crippen LogP contribution in [0.1, 0.15) is 56.9 Å². The summed E-state index contributed by atoms with van der Waals surface area (Å²) in [6, 6.07) is 14.5. The Kier molecular flexibility index (Phi) is 11.0. The van der Waals surface area contributed by atoms with E-state index in [1.807, 2.05) is 18.2 Å². The average molecular weight is 792 g/mol. The molecule has 6 fully saturated rings. The van der Waals surface area contributed by atoms with Gasteiger partial charge in [-0.1, -0.05) is 25.1 Å². The van der Waals surface area contributed by atoms with Crippen LogP contribution in [0, 0.1) is 23.6 Å². The fourth-order valence-corrected chi connectivity index (χ4v) is 13.6. The number of amides is 2. The van der Waals surface area contributed by atoms with Crippen LogP contribution in [0.2, 0.25) is 0 Å². The van der Waals surface area contributed by atoms with E-state index in [1.165, 1.54) is 25.7 Å². The Bertz CT molecular complexity index is 1880. The van der Waals surface area contributed by atoms with Gasteiger partial charge in [0.05, 0.1) is 30.3 Å². The van der Waals surface area contributed by atoms with E-state index in [-0.39, 0.29) is 46.7 Å². The van der Waals surface area contributed by atoms with Crippen LogP contribution in [0.15, 0.2) is 66.1 Å². The smallest absolute Gasteiger partial charge is 0.407 e. The minimum Gasteiger partial charge on any atom is -0.453 e. The molecular formula is C43H58FN5O6S. The normalized spacial score (nSPS) is 29.0. The van der Waals surface area contributed by atoms with E-state index in [0.717, 1.165) is 89.0 Å². The Morgan fingerprint density at radius 2 is 1.73 bits per heavy atom. The van der Waals surface area contributed by atoms with Gasteiger partial charge in [-0.15, -0.1) is 0 Å². The lowest BCUT2D eigenvalue weighted by atomic mass is 9.57. The third-order valence-electron chi connectivity index (χ3n) is 14.5. The number of rotatable bonds is 13. The summed E-state index contributed by atoms with van der Waals surface area (Å²) in [6.07, 6.45) is 8.12. The van der Waals surface area contributed by atoms with Crippen LogP contribution in [0.5, 0.6) is 0 Å². The summed E-state index contributed by atoms with van der Waals surface area (Å²) in [7, 11) is -0.318. The number of nitrogens with one attached hydrogen (secondary N) is 1. The number of ether oxygens (including phenoxy) is 2. The fraction of sp³-hybridized carbons (Fsp3) is 0.628. The number of carbonyl (C=O) groups excluding carboxylic acids is 2. The van der Waals surface area contributed by atoms with Crippen molar-refractivity contribution in [2.24, 2.45) is 17.8 Å². The summed E-state index contributed by atoms with van der Waals surface area (Å²) in [5, 5.41) is 2.72. The highest BCUT2D eigenvalue weighted by molar-refractivity contribution is 7.92. The van der Waals surface area contributed by atoms with Crippen LogP contribution in [-0.4, -0.2) is 131 Å². The van der Waals surface area contributed by atoms with Gasteiger partial charge >= 0.3 is 6.09 Å². The topological polar surface area (TPSA) is 112 Å². The second kappa shape index (κ2) is 15.7. The number of piperidine rings is 2. The van der Waals surface area contributed by atoms with Crippen molar-refractivity contribution in [3.8, 4) is 0 Å². The largest absolute Gasteiger partial charge is 0.453 e. The van der Waals surface area contributed by atoms with Crippen LogP contribution in [0.4, 0.5) is 14.9 Å². The number of benzene rings is 2. The van der Waals surface area contributed by atoms with E-state index in [9.17, 15) is 18.0 Å². The number of alkyl carbamates (subject to hydrolysis) is 1. The molecule has 11 nitrogen and oxygen atoms in total. The van der Waals surface area contributed by atoms with E-state index in [4.69, 9.17) is 9.47 Å². The Hall–Kier alpha value is -3.52. The molecule has 2 aliphatic carbocycles. The molecule has 3 unspecified atom stereocenters. The van der Waals surface area contributed by atoms with Crippen molar-refractivity contribution in [2.75, 3.05) is 78.0 Å². The molecule has 4 heterocycles. The average Bonchev–Trinajstić information content (AvgIpc) is 3.94. The minimum absolute atomic E-state index is 0.0324. The number of carbonyl (C=O) groups is 2. The SMILES string of the molecule is C=CC(=O)N1CC2CC1CC2S(=O)(=O)c1ccc(N2CC(CN3CCC([C@@](CN4CCC4)(c4cccc(F)c4)[C@H]4CCC[C@@H]4NC(=O)OC)CC3)(OC)C2)cc1. The molecule has 8 rings (SSSR count). The monoisotopic (exact) mass is 791 g/mol. The van der Waals surface area contributed by atoms with Crippen LogP contribution in [0.3, 0.4) is 0 Å². The summed E-state index contributed by atoms with van der Waals surface area (Å²) in [4.78, 5) is 34.2. The quantitative estimate of drug-likeness (QED) is 0.285. The lowest BCUT2D eigenvalue weighted by molar-refractivity contribution is -0.127. The molecule has 0 aromatic heterocycles. The zero-order valence-corrected chi connectivity index (χ0v) is 33.7. The van der Waals surface area contributed by atoms with Gasteiger partial charge < -0.3 is 34.4 Å². The summed E-state index contributed by atoms with van der Waals surface area (Å²) in [5.74, 6) is 0.0991. The van der Waals surface area contributed by atoms with Gasteiger partial charge in [0.1, 0.15) is 11.4 Å². The van der Waals surface area contributed by atoms with E-state index < -0.39 is 21.2 Å². The second-order valence-electron chi connectivity index (χ2n) is 17.4. The van der Waals surface area contributed by atoms with Crippen molar-refractivity contribution < 1.29 is 31.9 Å². The fourth-order valence-electron chi connectivity index (χ4n) is 11.6. The molecular weight excluding hydrogens is 734 g/mol. The van der Waals surface area contributed by atoms with Gasteiger partial charge in [0.25, 0.3) is 0 Å². The maximum Gasteiger partial charge on any atom is 0.407 e. The van der Waals surface area contributed by atoms with Crippen LogP contribution in [-0.2, 0) is 29.5 Å². The number of hydrogen-bond donors (Lipinski definition) is 1. The number of likely N-dealkylation sites (tertiary alicyclic amines) is 3. The van der Waals surface area contributed by atoms with Gasteiger partial charge in [-0.05, 0) is 137 Å². The lowest BCUT2D eigenvalue weighted by Gasteiger charge is -2.55. The third-order valence-corrected chi connectivity index (χ3v) is 16.8. The highest BCUT2D eigenvalue weighted by Crippen LogP contribution is 2.52. The third kappa shape index (κ3) is 7.15. The molecule has 2 amide bonds. The molecule has 6 aliphatic rings. The first-order valence-electron chi connectivity index (χ1n) is 20.6. The molecule has 2 aromatic rings. The van der Waals surface area contributed by atoms with Crippen LogP contribution >= 0.6 is 0 Å². The van der Waals surface area contributed by atoms with Gasteiger partial charge in [0, 0.05) is 49.9 Å². The van der Waals surface area contributed by atoms with E-state index in [1.54, 1.807) is 30.2 Å². The first kappa shape index (κ1) is 39.3. The van der Waals surface area contributed by atoms with Gasteiger partial charge in [-0.25, -0.2) is 17.6 Å². The number of fused-ring (bicyclic) bond motifs is 2. The number of nitrogens with zero attached hydrogens (tertiary/aromatic N) is 4. The number of anilines is 1. The summed E-state index contributed by atoms with van der Waals surface area (Å²) < 4.78 is 53.7. The molecule has 2 saturated carbocycles. The number of halogens is 1. The number of hydrogen-bond acceptors (Lipinski definition) is 9. The molecule has 2 aromatic carbocycles. The Morgan fingerprint density at radius 1 is 0.982 bits per heavy atom. The van der Waals surface area contributed by atoms with Crippen molar-refractivity contribution in [3.63, 3.8) is 0 Å². The zero-order chi connectivity index (χ0) is 39.2. The van der Waals surface area contributed by atoms with Crippen molar-refractivity contribution in [1.29, 1.82) is 0 Å². The maximum atomic E-state index is 15.1. The van der Waals surface area contributed by atoms with E-state index in [2.05, 4.69) is 32.7 Å². The first-order chi connectivity index (χ1) is 27.0. The molecule has 1 N–H and O–H groups in total. The predicted octanol–water partition coefficient (Wildman–Crippen LogP) is 4.86. The summed E-state index contributed by atoms with van der Waals surface area (Å²) >= 11 is 0. The molecule has 6 atom stereocenters. The second-order valence-corrected chi connectivity index (χ2v) is 19.6. The molecule has 304 valence electrons. The molecule has 4 saturated heterocycles. The summed E-state index contributed by atoms with van der Waals surface area (Å²) in [5.41, 5.74) is 1.37. The summed E-state index contributed by atoms with van der Waals surface area (Å²) in [6.45, 7) is 11.0. The Morgan fingerprint density at radius 3 is 2.34 bits per heavy atom. The minimum atomic E-state index is -3.52. The maximum absolute atomic E-state index is 15.1. The predicted molar refractivity (Wildman–Crippen MR) is 213 cm³/mol. The highest BCUT2D eigenvalue weighted by Gasteiger charge is 2.54. The molecule has 0 radical (unpaired) electrons. The molecule has 4 aliphatic heterocycles. The van der Waals surface area contributed by atoms with Gasteiger partial charge in [-0.2, -0.15) is 0 Å².